The molecule has 1 aromatic heterocycles. The van der Waals surface area contributed by atoms with Crippen LogP contribution in [0.2, 0.25) is 0 Å². The zero-order valence-corrected chi connectivity index (χ0v) is 16.9. The van der Waals surface area contributed by atoms with Crippen molar-refractivity contribution >= 4 is 16.9 Å². The number of aryl methyl sites for hydroxylation is 1. The lowest BCUT2D eigenvalue weighted by molar-refractivity contribution is 0.0702. The van der Waals surface area contributed by atoms with Crippen molar-refractivity contribution in [2.45, 2.75) is 33.1 Å². The van der Waals surface area contributed by atoms with Crippen LogP contribution >= 0.6 is 0 Å². The molecule has 6 heteroatoms. The number of benzene rings is 1. The van der Waals surface area contributed by atoms with Gasteiger partial charge in [-0.15, -0.1) is 0 Å². The van der Waals surface area contributed by atoms with Crippen LogP contribution in [0.5, 0.6) is 0 Å². The van der Waals surface area contributed by atoms with Crippen LogP contribution in [0.4, 0.5) is 0 Å². The first-order valence-corrected chi connectivity index (χ1v) is 9.96. The summed E-state index contributed by atoms with van der Waals surface area (Å²) in [5.74, 6) is 0.864. The summed E-state index contributed by atoms with van der Waals surface area (Å²) in [5, 5.41) is 8.05. The largest absolute Gasteiger partial charge is 0.382 e. The van der Waals surface area contributed by atoms with Crippen molar-refractivity contribution in [1.82, 2.24) is 15.6 Å². The highest BCUT2D eigenvalue weighted by Crippen LogP contribution is 2.22. The second-order valence-corrected chi connectivity index (χ2v) is 6.40. The van der Waals surface area contributed by atoms with Gasteiger partial charge in [0.15, 0.2) is 5.96 Å². The van der Waals surface area contributed by atoms with Gasteiger partial charge in [-0.05, 0) is 37.3 Å². The summed E-state index contributed by atoms with van der Waals surface area (Å²) in [6.45, 7) is 8.71. The highest BCUT2D eigenvalue weighted by Gasteiger charge is 2.06. The Kier molecular flexibility index (Phi) is 9.73. The molecule has 0 radical (unpaired) electrons. The Morgan fingerprint density at radius 1 is 1.11 bits per heavy atom. The minimum Gasteiger partial charge on any atom is -0.382 e. The molecule has 0 aliphatic rings. The molecule has 0 bridgehead atoms. The summed E-state index contributed by atoms with van der Waals surface area (Å²) in [4.78, 5) is 8.05. The predicted octanol–water partition coefficient (Wildman–Crippen LogP) is 2.88. The summed E-state index contributed by atoms with van der Waals surface area (Å²) < 4.78 is 10.4. The summed E-state index contributed by atoms with van der Waals surface area (Å²) in [7, 11) is 1.68. The fraction of sp³-hybridized carbons (Fsp3) is 0.571. The average Bonchev–Trinajstić information content (AvgIpc) is 3.10. The molecule has 0 atom stereocenters. The van der Waals surface area contributed by atoms with Gasteiger partial charge in [0, 0.05) is 50.5 Å². The third-order valence-electron chi connectivity index (χ3n) is 4.45. The first kappa shape index (κ1) is 21.3. The van der Waals surface area contributed by atoms with Gasteiger partial charge in [-0.25, -0.2) is 0 Å². The van der Waals surface area contributed by atoms with Crippen LogP contribution in [0.3, 0.4) is 0 Å². The van der Waals surface area contributed by atoms with Gasteiger partial charge >= 0.3 is 0 Å². The van der Waals surface area contributed by atoms with Gasteiger partial charge in [-0.1, -0.05) is 25.1 Å². The topological polar surface area (TPSA) is 70.7 Å². The van der Waals surface area contributed by atoms with Gasteiger partial charge in [0.1, 0.15) is 0 Å². The molecule has 0 aliphatic carbocycles. The molecule has 150 valence electrons. The molecule has 0 amide bonds. The SMILES string of the molecule is CCNC(=NCCCOCCOC)NCCc1c[nH]c2c(CC)cccc12. The van der Waals surface area contributed by atoms with Crippen molar-refractivity contribution in [3.63, 3.8) is 0 Å². The molecule has 0 unspecified atom stereocenters. The maximum absolute atomic E-state index is 5.47. The Balaban J connectivity index is 1.79. The van der Waals surface area contributed by atoms with Crippen LogP contribution in [0.25, 0.3) is 10.9 Å². The fourth-order valence-electron chi connectivity index (χ4n) is 3.04. The van der Waals surface area contributed by atoms with E-state index in [2.05, 4.69) is 58.9 Å². The number of rotatable bonds is 12. The molecule has 6 nitrogen and oxygen atoms in total. The van der Waals surface area contributed by atoms with Crippen LogP contribution in [-0.2, 0) is 22.3 Å². The molecule has 0 fully saturated rings. The Morgan fingerprint density at radius 3 is 2.78 bits per heavy atom. The van der Waals surface area contributed by atoms with Crippen molar-refractivity contribution in [3.8, 4) is 0 Å². The highest BCUT2D eigenvalue weighted by atomic mass is 16.5. The average molecular weight is 375 g/mol. The third-order valence-corrected chi connectivity index (χ3v) is 4.45. The number of methoxy groups -OCH3 is 1. The van der Waals surface area contributed by atoms with Gasteiger partial charge in [0.25, 0.3) is 0 Å². The third kappa shape index (κ3) is 6.88. The van der Waals surface area contributed by atoms with E-state index < -0.39 is 0 Å². The quantitative estimate of drug-likeness (QED) is 0.303. The van der Waals surface area contributed by atoms with Crippen molar-refractivity contribution in [3.05, 3.63) is 35.5 Å². The number of nitrogens with zero attached hydrogens (tertiary/aromatic N) is 1. The Bertz CT molecular complexity index is 697. The number of fused-ring (bicyclic) bond motifs is 1. The van der Waals surface area contributed by atoms with E-state index in [0.29, 0.717) is 19.8 Å². The van der Waals surface area contributed by atoms with E-state index in [4.69, 9.17) is 9.47 Å². The number of hydrogen-bond donors (Lipinski definition) is 3. The molecule has 2 rings (SSSR count). The Labute approximate surface area is 162 Å². The van der Waals surface area contributed by atoms with Crippen LogP contribution in [0, 0.1) is 0 Å². The lowest BCUT2D eigenvalue weighted by Crippen LogP contribution is -2.38. The molecule has 3 N–H and O–H groups in total. The molecule has 0 saturated heterocycles. The lowest BCUT2D eigenvalue weighted by atomic mass is 10.1. The first-order valence-electron chi connectivity index (χ1n) is 9.96. The smallest absolute Gasteiger partial charge is 0.191 e. The molecule has 1 heterocycles. The molecular formula is C21H34N4O2. The van der Waals surface area contributed by atoms with E-state index in [-0.39, 0.29) is 0 Å². The predicted molar refractivity (Wildman–Crippen MR) is 113 cm³/mol. The number of para-hydroxylation sites is 1. The standard InChI is InChI=1S/C21H34N4O2/c1-4-17-8-6-9-19-18(16-25-20(17)19)10-12-24-21(22-5-2)23-11-7-13-27-15-14-26-3/h6,8-9,16,25H,4-5,7,10-15H2,1-3H3,(H2,22,23,24). The van der Waals surface area contributed by atoms with Gasteiger partial charge in [0.2, 0.25) is 0 Å². The van der Waals surface area contributed by atoms with Crippen molar-refractivity contribution < 1.29 is 9.47 Å². The minimum atomic E-state index is 0.640. The summed E-state index contributed by atoms with van der Waals surface area (Å²) in [6.07, 6.45) is 5.04. The normalized spacial score (nSPS) is 11.9. The number of nitrogens with one attached hydrogen (secondary N) is 3. The second kappa shape index (κ2) is 12.4. The van der Waals surface area contributed by atoms with Crippen molar-refractivity contribution in [1.29, 1.82) is 0 Å². The van der Waals surface area contributed by atoms with Crippen molar-refractivity contribution in [2.75, 3.05) is 46.6 Å². The molecule has 27 heavy (non-hydrogen) atoms. The maximum atomic E-state index is 5.47. The minimum absolute atomic E-state index is 0.640. The highest BCUT2D eigenvalue weighted by molar-refractivity contribution is 5.86. The first-order chi connectivity index (χ1) is 13.3. The van der Waals surface area contributed by atoms with E-state index in [1.807, 2.05) is 0 Å². The van der Waals surface area contributed by atoms with E-state index >= 15 is 0 Å². The number of aromatic nitrogens is 1. The molecule has 1 aromatic carbocycles. The molecule has 0 spiro atoms. The van der Waals surface area contributed by atoms with Crippen LogP contribution in [0.1, 0.15) is 31.4 Å². The number of H-pyrrole nitrogens is 1. The molecule has 0 aliphatic heterocycles. The number of hydrogen-bond acceptors (Lipinski definition) is 3. The van der Waals surface area contributed by atoms with Crippen LogP contribution in [-0.4, -0.2) is 57.5 Å². The van der Waals surface area contributed by atoms with E-state index in [0.717, 1.165) is 44.9 Å². The van der Waals surface area contributed by atoms with Crippen LogP contribution in [0.15, 0.2) is 29.4 Å². The molecule has 0 saturated carbocycles. The number of ether oxygens (including phenoxy) is 2. The van der Waals surface area contributed by atoms with E-state index in [1.54, 1.807) is 7.11 Å². The summed E-state index contributed by atoms with van der Waals surface area (Å²) >= 11 is 0. The fourth-order valence-corrected chi connectivity index (χ4v) is 3.04. The molecule has 2 aromatic rings. The zero-order chi connectivity index (χ0) is 19.3. The van der Waals surface area contributed by atoms with Gasteiger partial charge in [-0.3, -0.25) is 4.99 Å². The van der Waals surface area contributed by atoms with Gasteiger partial charge in [0.05, 0.1) is 13.2 Å². The monoisotopic (exact) mass is 374 g/mol. The molecular weight excluding hydrogens is 340 g/mol. The second-order valence-electron chi connectivity index (χ2n) is 6.40. The van der Waals surface area contributed by atoms with Gasteiger partial charge < -0.3 is 25.1 Å². The summed E-state index contributed by atoms with van der Waals surface area (Å²) in [5.41, 5.74) is 3.98. The Morgan fingerprint density at radius 2 is 2.00 bits per heavy atom. The van der Waals surface area contributed by atoms with Crippen molar-refractivity contribution in [2.24, 2.45) is 4.99 Å². The maximum Gasteiger partial charge on any atom is 0.191 e. The number of aromatic amines is 1. The summed E-state index contributed by atoms with van der Waals surface area (Å²) in [6, 6.07) is 6.53. The van der Waals surface area contributed by atoms with E-state index in [9.17, 15) is 0 Å². The lowest BCUT2D eigenvalue weighted by Gasteiger charge is -2.11. The van der Waals surface area contributed by atoms with Crippen LogP contribution < -0.4 is 10.6 Å². The zero-order valence-electron chi connectivity index (χ0n) is 16.9. The Hall–Kier alpha value is -2.05. The number of aliphatic imine (C=N–C) groups is 1. The van der Waals surface area contributed by atoms with E-state index in [1.165, 1.54) is 22.0 Å². The number of guanidine groups is 1. The van der Waals surface area contributed by atoms with Gasteiger partial charge in [-0.2, -0.15) is 0 Å².